The molecule has 0 saturated heterocycles. The number of nitrogens with zero attached hydrogens (tertiary/aromatic N) is 2. The van der Waals surface area contributed by atoms with E-state index in [0.717, 1.165) is 6.07 Å². The van der Waals surface area contributed by atoms with Gasteiger partial charge in [0.05, 0.1) is 5.02 Å². The van der Waals surface area contributed by atoms with E-state index in [1.807, 2.05) is 0 Å². The van der Waals surface area contributed by atoms with Crippen molar-refractivity contribution in [3.8, 4) is 17.2 Å². The smallest absolute Gasteiger partial charge is 0.352 e. The van der Waals surface area contributed by atoms with Crippen LogP contribution in [0, 0.1) is 12.7 Å². The highest BCUT2D eigenvalue weighted by atomic mass is 35.5. The molecule has 0 amide bonds. The van der Waals surface area contributed by atoms with E-state index >= 15 is 0 Å². The predicted octanol–water partition coefficient (Wildman–Crippen LogP) is 4.12. The van der Waals surface area contributed by atoms with Gasteiger partial charge in [-0.2, -0.15) is 4.98 Å². The summed E-state index contributed by atoms with van der Waals surface area (Å²) in [6, 6.07) is 10.0. The average Bonchev–Trinajstić information content (AvgIpc) is 3.08. The molecule has 1 atom stereocenters. The Morgan fingerprint density at radius 1 is 1.21 bits per heavy atom. The van der Waals surface area contributed by atoms with Crippen LogP contribution in [-0.2, 0) is 11.4 Å². The van der Waals surface area contributed by atoms with Crippen molar-refractivity contribution in [1.82, 2.24) is 10.1 Å². The molecule has 0 bridgehead atoms. The molecule has 1 unspecified atom stereocenters. The molecule has 1 heterocycles. The standard InChI is InChI=1S/C19H16ClFN2O5/c1-11(26-17-8-3-13(21)9-16(17)20)19(24)27-15-6-4-14(5-7-15)25-10-18-22-12(2)23-28-18/h3-9,11H,10H2,1-2H3. The maximum atomic E-state index is 13.1. The van der Waals surface area contributed by atoms with Crippen LogP contribution in [0.15, 0.2) is 47.0 Å². The summed E-state index contributed by atoms with van der Waals surface area (Å²) in [6.07, 6.45) is -0.945. The summed E-state index contributed by atoms with van der Waals surface area (Å²) in [5.74, 6) is 0.800. The van der Waals surface area contributed by atoms with E-state index < -0.39 is 17.9 Å². The van der Waals surface area contributed by atoms with Gasteiger partial charge in [0, 0.05) is 0 Å². The van der Waals surface area contributed by atoms with Gasteiger partial charge in [-0.25, -0.2) is 9.18 Å². The third kappa shape index (κ3) is 5.20. The van der Waals surface area contributed by atoms with Crippen molar-refractivity contribution in [3.05, 3.63) is 65.0 Å². The van der Waals surface area contributed by atoms with Gasteiger partial charge in [0.15, 0.2) is 18.5 Å². The van der Waals surface area contributed by atoms with E-state index in [4.69, 9.17) is 30.3 Å². The molecule has 7 nitrogen and oxygen atoms in total. The highest BCUT2D eigenvalue weighted by molar-refractivity contribution is 6.32. The van der Waals surface area contributed by atoms with E-state index in [1.54, 1.807) is 31.2 Å². The molecule has 0 aliphatic rings. The molecule has 0 aliphatic carbocycles. The molecule has 0 N–H and O–H groups in total. The van der Waals surface area contributed by atoms with E-state index in [0.29, 0.717) is 23.2 Å². The van der Waals surface area contributed by atoms with E-state index in [-0.39, 0.29) is 17.4 Å². The molecule has 2 aromatic carbocycles. The zero-order valence-electron chi connectivity index (χ0n) is 15.0. The van der Waals surface area contributed by atoms with Crippen LogP contribution in [0.4, 0.5) is 4.39 Å². The second-order valence-electron chi connectivity index (χ2n) is 5.75. The lowest BCUT2D eigenvalue weighted by Crippen LogP contribution is -2.28. The van der Waals surface area contributed by atoms with Crippen molar-refractivity contribution in [2.45, 2.75) is 26.6 Å². The Hall–Kier alpha value is -3.13. The maximum absolute atomic E-state index is 13.1. The van der Waals surface area contributed by atoms with Gasteiger partial charge in [-0.05, 0) is 56.3 Å². The van der Waals surface area contributed by atoms with Crippen LogP contribution in [0.1, 0.15) is 18.6 Å². The van der Waals surface area contributed by atoms with Crippen LogP contribution in [0.5, 0.6) is 17.2 Å². The Balaban J connectivity index is 1.53. The lowest BCUT2D eigenvalue weighted by atomic mass is 10.3. The first-order chi connectivity index (χ1) is 13.4. The highest BCUT2D eigenvalue weighted by Gasteiger charge is 2.19. The molecule has 3 rings (SSSR count). The molecular formula is C19H16ClFN2O5. The number of hydrogen-bond acceptors (Lipinski definition) is 7. The first kappa shape index (κ1) is 19.6. The van der Waals surface area contributed by atoms with Crippen molar-refractivity contribution < 1.29 is 27.9 Å². The normalized spacial score (nSPS) is 11.7. The van der Waals surface area contributed by atoms with Crippen LogP contribution >= 0.6 is 11.6 Å². The predicted molar refractivity (Wildman–Crippen MR) is 96.9 cm³/mol. The Labute approximate surface area is 165 Å². The minimum atomic E-state index is -0.945. The van der Waals surface area contributed by atoms with Gasteiger partial charge in [0.25, 0.3) is 5.89 Å². The van der Waals surface area contributed by atoms with Crippen LogP contribution in [-0.4, -0.2) is 22.2 Å². The summed E-state index contributed by atoms with van der Waals surface area (Å²) < 4.78 is 34.2. The molecule has 0 aliphatic heterocycles. The number of carbonyl (C=O) groups excluding carboxylic acids is 1. The van der Waals surface area contributed by atoms with E-state index in [2.05, 4.69) is 10.1 Å². The zero-order chi connectivity index (χ0) is 20.1. The maximum Gasteiger partial charge on any atom is 0.352 e. The summed E-state index contributed by atoms with van der Waals surface area (Å²) in [5, 5.41) is 3.74. The van der Waals surface area contributed by atoms with Crippen molar-refractivity contribution in [2.24, 2.45) is 0 Å². The minimum absolute atomic E-state index is 0.0672. The molecule has 28 heavy (non-hydrogen) atoms. The molecule has 0 radical (unpaired) electrons. The summed E-state index contributed by atoms with van der Waals surface area (Å²) in [6.45, 7) is 3.35. The number of rotatable bonds is 7. The third-order valence-corrected chi connectivity index (χ3v) is 3.80. The SMILES string of the molecule is Cc1noc(COc2ccc(OC(=O)C(C)Oc3ccc(F)cc3Cl)cc2)n1. The monoisotopic (exact) mass is 406 g/mol. The van der Waals surface area contributed by atoms with Crippen molar-refractivity contribution >= 4 is 17.6 Å². The Morgan fingerprint density at radius 3 is 2.57 bits per heavy atom. The van der Waals surface area contributed by atoms with Crippen LogP contribution < -0.4 is 14.2 Å². The van der Waals surface area contributed by atoms with E-state index in [9.17, 15) is 9.18 Å². The number of esters is 1. The van der Waals surface area contributed by atoms with Gasteiger partial charge in [0.2, 0.25) is 0 Å². The van der Waals surface area contributed by atoms with Gasteiger partial charge in [0.1, 0.15) is 23.1 Å². The molecule has 9 heteroatoms. The lowest BCUT2D eigenvalue weighted by molar-refractivity contribution is -0.141. The summed E-state index contributed by atoms with van der Waals surface area (Å²) >= 11 is 5.89. The van der Waals surface area contributed by atoms with Gasteiger partial charge < -0.3 is 18.7 Å². The largest absolute Gasteiger partial charge is 0.484 e. The van der Waals surface area contributed by atoms with Gasteiger partial charge in [-0.1, -0.05) is 16.8 Å². The number of carbonyl (C=O) groups is 1. The lowest BCUT2D eigenvalue weighted by Gasteiger charge is -2.15. The van der Waals surface area contributed by atoms with Gasteiger partial charge in [-0.15, -0.1) is 0 Å². The molecular weight excluding hydrogens is 391 g/mol. The second kappa shape index (κ2) is 8.71. The quantitative estimate of drug-likeness (QED) is 0.431. The number of benzene rings is 2. The highest BCUT2D eigenvalue weighted by Crippen LogP contribution is 2.26. The average molecular weight is 407 g/mol. The molecule has 146 valence electrons. The summed E-state index contributed by atoms with van der Waals surface area (Å²) in [4.78, 5) is 16.2. The fourth-order valence-corrected chi connectivity index (χ4v) is 2.37. The fraction of sp³-hybridized carbons (Fsp3) is 0.211. The van der Waals surface area contributed by atoms with Gasteiger partial charge in [-0.3, -0.25) is 0 Å². The Morgan fingerprint density at radius 2 is 1.93 bits per heavy atom. The Kier molecular flexibility index (Phi) is 6.10. The van der Waals surface area contributed by atoms with Crippen LogP contribution in [0.2, 0.25) is 5.02 Å². The van der Waals surface area contributed by atoms with Crippen molar-refractivity contribution in [1.29, 1.82) is 0 Å². The zero-order valence-corrected chi connectivity index (χ0v) is 15.8. The third-order valence-electron chi connectivity index (χ3n) is 3.50. The molecule has 0 spiro atoms. The number of aromatic nitrogens is 2. The first-order valence-electron chi connectivity index (χ1n) is 8.26. The molecule has 0 fully saturated rings. The molecule has 1 aromatic heterocycles. The Bertz CT molecular complexity index is 961. The molecule has 3 aromatic rings. The fourth-order valence-electron chi connectivity index (χ4n) is 2.16. The van der Waals surface area contributed by atoms with Crippen LogP contribution in [0.25, 0.3) is 0 Å². The minimum Gasteiger partial charge on any atom is -0.484 e. The topological polar surface area (TPSA) is 83.7 Å². The second-order valence-corrected chi connectivity index (χ2v) is 6.16. The van der Waals surface area contributed by atoms with E-state index in [1.165, 1.54) is 19.1 Å². The van der Waals surface area contributed by atoms with Crippen LogP contribution in [0.3, 0.4) is 0 Å². The number of aryl methyl sites for hydroxylation is 1. The summed E-state index contributed by atoms with van der Waals surface area (Å²) in [5.41, 5.74) is 0. The number of halogens is 2. The molecule has 0 saturated carbocycles. The van der Waals surface area contributed by atoms with Crippen molar-refractivity contribution in [3.63, 3.8) is 0 Å². The number of hydrogen-bond donors (Lipinski definition) is 0. The van der Waals surface area contributed by atoms with Gasteiger partial charge >= 0.3 is 5.97 Å². The summed E-state index contributed by atoms with van der Waals surface area (Å²) in [7, 11) is 0. The van der Waals surface area contributed by atoms with Crippen molar-refractivity contribution in [2.75, 3.05) is 0 Å². The number of ether oxygens (including phenoxy) is 3. The first-order valence-corrected chi connectivity index (χ1v) is 8.64.